The molecule has 30 heavy (non-hydrogen) atoms. The van der Waals surface area contributed by atoms with Crippen LogP contribution in [0.4, 0.5) is 13.2 Å². The largest absolute Gasteiger partial charge is 0.432 e. The standard InChI is InChI=1S/C24H35F3O3/c1-2-3-4-5-19-15-28-23(29-16-19)20-11-8-17(9-12-20)6-7-18-10-13-22(21(25)14-18)30-24(26)27/h10,13-14,17,19-20,23-24H,2-9,11-12,15-16H2,1H3. The highest BCUT2D eigenvalue weighted by Crippen LogP contribution is 2.36. The van der Waals surface area contributed by atoms with Crippen molar-refractivity contribution in [3.63, 3.8) is 0 Å². The summed E-state index contributed by atoms with van der Waals surface area (Å²) in [5.74, 6) is 0.500. The van der Waals surface area contributed by atoms with Crippen molar-refractivity contribution in [2.75, 3.05) is 13.2 Å². The van der Waals surface area contributed by atoms with Crippen LogP contribution in [0.25, 0.3) is 0 Å². The molecule has 1 aliphatic heterocycles. The molecule has 0 unspecified atom stereocenters. The van der Waals surface area contributed by atoms with Crippen LogP contribution in [0, 0.1) is 23.6 Å². The molecule has 0 spiro atoms. The third-order valence-corrected chi connectivity index (χ3v) is 6.54. The fourth-order valence-electron chi connectivity index (χ4n) is 4.69. The number of aryl methyl sites for hydroxylation is 1. The lowest BCUT2D eigenvalue weighted by molar-refractivity contribution is -0.230. The number of unbranched alkanes of at least 4 members (excludes halogenated alkanes) is 2. The molecule has 170 valence electrons. The molecule has 1 aliphatic carbocycles. The third kappa shape index (κ3) is 7.16. The van der Waals surface area contributed by atoms with Gasteiger partial charge >= 0.3 is 6.61 Å². The third-order valence-electron chi connectivity index (χ3n) is 6.54. The molecule has 1 aromatic carbocycles. The summed E-state index contributed by atoms with van der Waals surface area (Å²) in [5.41, 5.74) is 0.823. The van der Waals surface area contributed by atoms with Gasteiger partial charge in [-0.1, -0.05) is 32.3 Å². The van der Waals surface area contributed by atoms with Gasteiger partial charge in [-0.25, -0.2) is 4.39 Å². The molecular weight excluding hydrogens is 393 g/mol. The average Bonchev–Trinajstić information content (AvgIpc) is 2.75. The Morgan fingerprint density at radius 1 is 1.00 bits per heavy atom. The lowest BCUT2D eigenvalue weighted by atomic mass is 9.79. The zero-order valence-corrected chi connectivity index (χ0v) is 18.0. The maximum Gasteiger partial charge on any atom is 0.387 e. The van der Waals surface area contributed by atoms with Gasteiger partial charge in [-0.15, -0.1) is 0 Å². The highest BCUT2D eigenvalue weighted by molar-refractivity contribution is 5.29. The molecule has 0 N–H and O–H groups in total. The van der Waals surface area contributed by atoms with E-state index in [-0.39, 0.29) is 6.29 Å². The first-order valence-electron chi connectivity index (χ1n) is 11.5. The maximum absolute atomic E-state index is 13.9. The van der Waals surface area contributed by atoms with E-state index >= 15 is 0 Å². The second-order valence-corrected chi connectivity index (χ2v) is 8.86. The van der Waals surface area contributed by atoms with Gasteiger partial charge in [0.2, 0.25) is 0 Å². The van der Waals surface area contributed by atoms with Crippen LogP contribution in [-0.4, -0.2) is 26.1 Å². The minimum Gasteiger partial charge on any atom is -0.432 e. The second-order valence-electron chi connectivity index (χ2n) is 8.86. The fourth-order valence-corrected chi connectivity index (χ4v) is 4.69. The summed E-state index contributed by atoms with van der Waals surface area (Å²) in [6.07, 6.45) is 11.1. The van der Waals surface area contributed by atoms with Crippen LogP contribution in [-0.2, 0) is 15.9 Å². The molecule has 0 radical (unpaired) electrons. The van der Waals surface area contributed by atoms with Crippen LogP contribution < -0.4 is 4.74 Å². The maximum atomic E-state index is 13.9. The van der Waals surface area contributed by atoms with Gasteiger partial charge in [0.15, 0.2) is 17.9 Å². The second kappa shape index (κ2) is 11.9. The van der Waals surface area contributed by atoms with Crippen molar-refractivity contribution in [1.82, 2.24) is 0 Å². The van der Waals surface area contributed by atoms with Crippen LogP contribution >= 0.6 is 0 Å². The molecule has 2 aliphatic rings. The Bertz CT molecular complexity index is 624. The summed E-state index contributed by atoms with van der Waals surface area (Å²) in [4.78, 5) is 0. The van der Waals surface area contributed by atoms with Gasteiger partial charge in [0.1, 0.15) is 0 Å². The molecule has 0 bridgehead atoms. The molecule has 2 fully saturated rings. The monoisotopic (exact) mass is 428 g/mol. The van der Waals surface area contributed by atoms with Crippen molar-refractivity contribution in [3.8, 4) is 5.75 Å². The molecule has 3 nitrogen and oxygen atoms in total. The number of hydrogen-bond donors (Lipinski definition) is 0. The van der Waals surface area contributed by atoms with Gasteiger partial charge in [0.05, 0.1) is 13.2 Å². The van der Waals surface area contributed by atoms with E-state index in [1.54, 1.807) is 6.07 Å². The minimum absolute atomic E-state index is 0.0511. The van der Waals surface area contributed by atoms with Gasteiger partial charge in [-0.05, 0) is 68.6 Å². The number of benzene rings is 1. The van der Waals surface area contributed by atoms with Gasteiger partial charge in [0.25, 0.3) is 0 Å². The summed E-state index contributed by atoms with van der Waals surface area (Å²) >= 11 is 0. The quantitative estimate of drug-likeness (QED) is 0.387. The Hall–Kier alpha value is -1.27. The molecule has 0 amide bonds. The molecule has 1 aromatic rings. The first kappa shape index (κ1) is 23.4. The Kier molecular flexibility index (Phi) is 9.31. The van der Waals surface area contributed by atoms with Crippen LogP contribution in [0.3, 0.4) is 0 Å². The summed E-state index contributed by atoms with van der Waals surface area (Å²) < 4.78 is 54.6. The van der Waals surface area contributed by atoms with Crippen molar-refractivity contribution in [1.29, 1.82) is 0 Å². The highest BCUT2D eigenvalue weighted by atomic mass is 19.3. The molecule has 6 heteroatoms. The summed E-state index contributed by atoms with van der Waals surface area (Å²) in [5, 5.41) is 0. The number of hydrogen-bond acceptors (Lipinski definition) is 3. The smallest absolute Gasteiger partial charge is 0.387 e. The minimum atomic E-state index is -3.01. The van der Waals surface area contributed by atoms with E-state index in [4.69, 9.17) is 9.47 Å². The number of rotatable bonds is 10. The molecule has 1 saturated carbocycles. The Morgan fingerprint density at radius 2 is 1.73 bits per heavy atom. The predicted octanol–water partition coefficient (Wildman–Crippen LogP) is 6.74. The van der Waals surface area contributed by atoms with E-state index in [2.05, 4.69) is 11.7 Å². The fraction of sp³-hybridized carbons (Fsp3) is 0.750. The lowest BCUT2D eigenvalue weighted by Crippen LogP contribution is -2.38. The first-order valence-corrected chi connectivity index (χ1v) is 11.5. The zero-order chi connectivity index (χ0) is 21.3. The van der Waals surface area contributed by atoms with E-state index in [1.165, 1.54) is 37.8 Å². The van der Waals surface area contributed by atoms with Crippen molar-refractivity contribution in [2.45, 2.75) is 84.0 Å². The van der Waals surface area contributed by atoms with E-state index in [9.17, 15) is 13.2 Å². The van der Waals surface area contributed by atoms with E-state index in [1.807, 2.05) is 0 Å². The highest BCUT2D eigenvalue weighted by Gasteiger charge is 2.32. The SMILES string of the molecule is CCCCCC1COC(C2CCC(CCc3ccc(OC(F)F)c(F)c3)CC2)OC1. The van der Waals surface area contributed by atoms with E-state index < -0.39 is 18.2 Å². The van der Waals surface area contributed by atoms with Crippen LogP contribution in [0.15, 0.2) is 18.2 Å². The number of alkyl halides is 2. The number of ether oxygens (including phenoxy) is 3. The van der Waals surface area contributed by atoms with Gasteiger partial charge < -0.3 is 14.2 Å². The summed E-state index contributed by atoms with van der Waals surface area (Å²) in [6, 6.07) is 4.28. The lowest BCUT2D eigenvalue weighted by Gasteiger charge is -2.37. The average molecular weight is 429 g/mol. The molecule has 0 aromatic heterocycles. The topological polar surface area (TPSA) is 27.7 Å². The Balaban J connectivity index is 1.35. The van der Waals surface area contributed by atoms with Crippen molar-refractivity contribution in [2.24, 2.45) is 17.8 Å². The molecular formula is C24H35F3O3. The van der Waals surface area contributed by atoms with Gasteiger partial charge in [-0.3, -0.25) is 0 Å². The first-order chi connectivity index (χ1) is 14.5. The predicted molar refractivity (Wildman–Crippen MR) is 110 cm³/mol. The van der Waals surface area contributed by atoms with Crippen LogP contribution in [0.1, 0.15) is 70.3 Å². The van der Waals surface area contributed by atoms with E-state index in [0.717, 1.165) is 57.3 Å². The Labute approximate surface area is 178 Å². The van der Waals surface area contributed by atoms with Crippen molar-refractivity contribution >= 4 is 0 Å². The van der Waals surface area contributed by atoms with Gasteiger partial charge in [-0.2, -0.15) is 8.78 Å². The summed E-state index contributed by atoms with van der Waals surface area (Å²) in [6.45, 7) is 0.862. The normalized spacial score (nSPS) is 27.4. The number of halogens is 3. The molecule has 3 rings (SSSR count). The van der Waals surface area contributed by atoms with Crippen molar-refractivity contribution in [3.05, 3.63) is 29.6 Å². The van der Waals surface area contributed by atoms with Gasteiger partial charge in [0, 0.05) is 11.8 Å². The Morgan fingerprint density at radius 3 is 2.37 bits per heavy atom. The van der Waals surface area contributed by atoms with Crippen molar-refractivity contribution < 1.29 is 27.4 Å². The molecule has 0 atom stereocenters. The molecule has 1 saturated heterocycles. The van der Waals surface area contributed by atoms with E-state index in [0.29, 0.717) is 17.8 Å². The van der Waals surface area contributed by atoms with Crippen LogP contribution in [0.5, 0.6) is 5.75 Å². The zero-order valence-electron chi connectivity index (χ0n) is 18.0. The van der Waals surface area contributed by atoms with Crippen LogP contribution in [0.2, 0.25) is 0 Å². The summed E-state index contributed by atoms with van der Waals surface area (Å²) in [7, 11) is 0. The molecule has 1 heterocycles.